The Morgan fingerprint density at radius 3 is 1.27 bits per heavy atom. The maximum atomic E-state index is 13.9. The SMILES string of the molecule is NCc1cc(C(=O)NCCN2CCC(N3CCC(n4c(=O)[nH]c5ccccc54)CC3)CC2)cc(C(=O)NCCN2CCN(CCCCC3CCN(CC(=O)N4c5ccccc5NC(=O)c5ccccc54)CC3)CC2)c1.O=C(O)C(F)(F)F.O=C(O)C(F)(F)F.O=C(O)C(F)(F)F.O=C(O)C(F)(F)F.O=C(O)C(F)(F)F.O=C(O)C(F)(F)F. The number of hydrogen-bond donors (Lipinski definition) is 11. The van der Waals surface area contributed by atoms with Crippen molar-refractivity contribution in [2.45, 2.75) is 113 Å². The molecule has 0 spiro atoms. The molecule has 5 aliphatic rings. The Morgan fingerprint density at radius 2 is 0.829 bits per heavy atom. The second kappa shape index (κ2) is 44.6. The van der Waals surface area contributed by atoms with Crippen LogP contribution in [0.1, 0.15) is 100 Å². The van der Waals surface area contributed by atoms with E-state index in [9.17, 15) is 103 Å². The highest BCUT2D eigenvalue weighted by Crippen LogP contribution is 2.39. The average Bonchev–Trinajstić information content (AvgIpc) is 1.66. The van der Waals surface area contributed by atoms with Crippen LogP contribution >= 0.6 is 0 Å². The molecule has 0 atom stereocenters. The number of nitrogens with zero attached hydrogens (tertiary/aromatic N) is 7. The molecule has 0 radical (unpaired) electrons. The number of piperazine rings is 1. The number of halogens is 18. The van der Waals surface area contributed by atoms with Crippen LogP contribution in [0.4, 0.5) is 96.1 Å². The lowest BCUT2D eigenvalue weighted by Gasteiger charge is -2.42. The van der Waals surface area contributed by atoms with Gasteiger partial charge in [-0.15, -0.1) is 0 Å². The van der Waals surface area contributed by atoms with Crippen molar-refractivity contribution < 1.29 is 158 Å². The third kappa shape index (κ3) is 33.5. The van der Waals surface area contributed by atoms with Crippen molar-refractivity contribution >= 4 is 87.5 Å². The average molecular weight is 1710 g/mol. The van der Waals surface area contributed by atoms with Gasteiger partial charge in [0.15, 0.2) is 0 Å². The number of nitrogens with two attached hydrogens (primary N) is 1. The summed E-state index contributed by atoms with van der Waals surface area (Å²) in [5, 5.41) is 51.9. The summed E-state index contributed by atoms with van der Waals surface area (Å²) in [4.78, 5) is 137. The number of carbonyl (C=O) groups is 10. The van der Waals surface area contributed by atoms with Crippen LogP contribution in [0.2, 0.25) is 0 Å². The fourth-order valence-electron chi connectivity index (χ4n) is 12.3. The summed E-state index contributed by atoms with van der Waals surface area (Å²) in [6, 6.07) is 28.8. The van der Waals surface area contributed by atoms with Gasteiger partial charge in [0, 0.05) is 95.2 Å². The molecule has 5 aromatic rings. The van der Waals surface area contributed by atoms with Crippen LogP contribution in [0.3, 0.4) is 0 Å². The number of piperidine rings is 3. The van der Waals surface area contributed by atoms with E-state index in [1.165, 1.54) is 19.3 Å². The number of carboxylic acids is 6. The highest BCUT2D eigenvalue weighted by molar-refractivity contribution is 6.18. The standard InChI is InChI=1S/C58H76N12O5.6C2HF3O2/c59-40-43-37-44(55(72)60-22-31-65-27-18-46(19-28-65)68-29-20-47(21-30-68)69-52-14-5-3-12-50(52)63-58(69)75)39-45(38-43)56(73)61-23-32-66-35-33-64(34-36-66)24-8-7-9-42-16-25-67(26-17-42)41-54(71)70-51-13-4-1-10-48(51)57(74)62-49-11-2-6-15-53(49)70;6*3-2(4,5)1(6)7/h1-6,10-15,37-39,42,46-47H,7-9,16-36,40-41,59H2,(H,60,72)(H,61,73)(H,62,74)(H,63,75);6*(H,6,7). The number of aromatic nitrogens is 2. The number of anilines is 3. The van der Waals surface area contributed by atoms with Crippen molar-refractivity contribution in [1.29, 1.82) is 0 Å². The van der Waals surface area contributed by atoms with Crippen LogP contribution in [0.25, 0.3) is 11.0 Å². The number of amides is 4. The topological polar surface area (TPSA) is 411 Å². The van der Waals surface area contributed by atoms with Crippen LogP contribution in [-0.2, 0) is 40.1 Å². The summed E-state index contributed by atoms with van der Waals surface area (Å²) in [6.45, 7) is 14.0. The Morgan fingerprint density at radius 1 is 0.444 bits per heavy atom. The van der Waals surface area contributed by atoms with E-state index in [-0.39, 0.29) is 41.9 Å². The lowest BCUT2D eigenvalue weighted by molar-refractivity contribution is -0.193. The second-order valence-electron chi connectivity index (χ2n) is 26.2. The molecule has 117 heavy (non-hydrogen) atoms. The van der Waals surface area contributed by atoms with E-state index in [2.05, 4.69) is 45.4 Å². The Balaban J connectivity index is 0.000000559. The van der Waals surface area contributed by atoms with Crippen LogP contribution < -0.4 is 32.3 Å². The van der Waals surface area contributed by atoms with Gasteiger partial charge in [-0.2, -0.15) is 79.0 Å². The number of aromatic amines is 1. The van der Waals surface area contributed by atoms with E-state index in [1.807, 2.05) is 71.3 Å². The Hall–Kier alpha value is -10.7. The zero-order valence-electron chi connectivity index (χ0n) is 61.5. The van der Waals surface area contributed by atoms with E-state index in [1.54, 1.807) is 29.2 Å². The van der Waals surface area contributed by atoms with Gasteiger partial charge in [0.2, 0.25) is 5.91 Å². The van der Waals surface area contributed by atoms with Crippen LogP contribution in [0.15, 0.2) is 95.8 Å². The molecule has 0 aliphatic carbocycles. The number of carbonyl (C=O) groups excluding carboxylic acids is 4. The van der Waals surface area contributed by atoms with Gasteiger partial charge >= 0.3 is 78.6 Å². The Bertz CT molecular complexity index is 4010. The fraction of sp³-hybridized carbons (Fsp3) is 0.500. The molecule has 10 rings (SSSR count). The minimum Gasteiger partial charge on any atom is -0.475 e. The molecule has 0 bridgehead atoms. The first kappa shape index (κ1) is 98.7. The molecule has 5 aliphatic heterocycles. The summed E-state index contributed by atoms with van der Waals surface area (Å²) in [5.74, 6) is -16.5. The van der Waals surface area contributed by atoms with Gasteiger partial charge in [0.1, 0.15) is 0 Å². The lowest BCUT2D eigenvalue weighted by Crippen LogP contribution is -2.49. The molecule has 650 valence electrons. The maximum Gasteiger partial charge on any atom is 0.490 e. The predicted octanol–water partition coefficient (Wildman–Crippen LogP) is 9.28. The van der Waals surface area contributed by atoms with Gasteiger partial charge < -0.3 is 72.0 Å². The number of hydrogen-bond acceptors (Lipinski definition) is 17. The van der Waals surface area contributed by atoms with Crippen molar-refractivity contribution in [1.82, 2.24) is 44.7 Å². The number of benzene rings is 4. The fourth-order valence-corrected chi connectivity index (χ4v) is 12.3. The number of likely N-dealkylation sites (tertiary alicyclic amines) is 3. The summed E-state index contributed by atoms with van der Waals surface area (Å²) in [6.07, 6.45) is -20.6. The molecule has 29 nitrogen and oxygen atoms in total. The molecule has 0 saturated carbocycles. The molecule has 4 amide bonds. The Kier molecular flexibility index (Phi) is 37.6. The lowest BCUT2D eigenvalue weighted by atomic mass is 9.91. The number of aliphatic carboxylic acids is 6. The van der Waals surface area contributed by atoms with Crippen LogP contribution in [-0.4, -0.2) is 272 Å². The third-order valence-corrected chi connectivity index (χ3v) is 18.1. The number of unbranched alkanes of at least 4 members (excludes halogenated alkanes) is 1. The summed E-state index contributed by atoms with van der Waals surface area (Å²) in [5.41, 5.74) is 12.0. The molecule has 4 saturated heterocycles. The molecule has 6 heterocycles. The third-order valence-electron chi connectivity index (χ3n) is 18.1. The maximum absolute atomic E-state index is 13.9. The minimum absolute atomic E-state index is 0.0122. The largest absolute Gasteiger partial charge is 0.490 e. The number of para-hydroxylation sites is 5. The van der Waals surface area contributed by atoms with Gasteiger partial charge in [-0.1, -0.05) is 49.2 Å². The molecular weight excluding hydrogens is 1620 g/mol. The normalized spacial score (nSPS) is 16.3. The van der Waals surface area contributed by atoms with Crippen molar-refractivity contribution in [2.24, 2.45) is 11.7 Å². The zero-order valence-corrected chi connectivity index (χ0v) is 61.5. The van der Waals surface area contributed by atoms with E-state index >= 15 is 0 Å². The van der Waals surface area contributed by atoms with Crippen LogP contribution in [0, 0.1) is 5.92 Å². The van der Waals surface area contributed by atoms with Crippen molar-refractivity contribution in [3.8, 4) is 0 Å². The minimum atomic E-state index is -5.08. The molecular formula is C70H82F18N12O17. The number of rotatable bonds is 18. The monoisotopic (exact) mass is 1700 g/mol. The summed E-state index contributed by atoms with van der Waals surface area (Å²) in [7, 11) is 0. The smallest absolute Gasteiger partial charge is 0.475 e. The van der Waals surface area contributed by atoms with Gasteiger partial charge in [0.05, 0.1) is 40.2 Å². The van der Waals surface area contributed by atoms with Crippen LogP contribution in [0.5, 0.6) is 0 Å². The van der Waals surface area contributed by atoms with Gasteiger partial charge in [-0.3, -0.25) is 38.4 Å². The number of carboxylic acid groups (broad SMARTS) is 6. The summed E-state index contributed by atoms with van der Waals surface area (Å²) < 4.78 is 192. The van der Waals surface area contributed by atoms with Gasteiger partial charge in [-0.25, -0.2) is 33.6 Å². The van der Waals surface area contributed by atoms with Gasteiger partial charge in [-0.05, 0) is 144 Å². The molecule has 0 unspecified atom stereocenters. The highest BCUT2D eigenvalue weighted by atomic mass is 19.4. The molecule has 1 aromatic heterocycles. The van der Waals surface area contributed by atoms with E-state index in [0.717, 1.165) is 140 Å². The van der Waals surface area contributed by atoms with Gasteiger partial charge in [0.25, 0.3) is 17.7 Å². The number of imidazole rings is 1. The molecule has 4 fully saturated rings. The Labute approximate surface area is 651 Å². The molecule has 12 N–H and O–H groups in total. The second-order valence-corrected chi connectivity index (χ2v) is 26.2. The molecule has 4 aromatic carbocycles. The number of alkyl halides is 18. The number of fused-ring (bicyclic) bond motifs is 3. The first-order chi connectivity index (χ1) is 54.3. The van der Waals surface area contributed by atoms with E-state index < -0.39 is 72.9 Å². The first-order valence-electron chi connectivity index (χ1n) is 35.2. The quantitative estimate of drug-likeness (QED) is 0.0287. The van der Waals surface area contributed by atoms with Crippen molar-refractivity contribution in [3.05, 3.63) is 124 Å². The first-order valence-corrected chi connectivity index (χ1v) is 35.2. The number of nitrogens with one attached hydrogen (secondary N) is 4. The number of H-pyrrole nitrogens is 1. The van der Waals surface area contributed by atoms with E-state index in [0.29, 0.717) is 65.3 Å². The summed E-state index contributed by atoms with van der Waals surface area (Å²) >= 11 is 0. The van der Waals surface area contributed by atoms with Crippen molar-refractivity contribution in [3.63, 3.8) is 0 Å². The highest BCUT2D eigenvalue weighted by Gasteiger charge is 2.42. The van der Waals surface area contributed by atoms with E-state index in [4.69, 9.17) is 65.1 Å². The molecule has 47 heteroatoms. The predicted molar refractivity (Wildman–Crippen MR) is 377 cm³/mol. The zero-order chi connectivity index (χ0) is 88.1. The van der Waals surface area contributed by atoms with Crippen molar-refractivity contribution in [2.75, 3.05) is 115 Å².